The second-order valence-electron chi connectivity index (χ2n) is 17.0. The lowest BCUT2D eigenvalue weighted by atomic mass is 9.66. The van der Waals surface area contributed by atoms with Gasteiger partial charge in [-0.05, 0) is 57.0 Å². The summed E-state index contributed by atoms with van der Waals surface area (Å²) in [6.45, 7) is 14.4. The second kappa shape index (κ2) is 10.4. The van der Waals surface area contributed by atoms with Gasteiger partial charge in [0.25, 0.3) is 0 Å². The van der Waals surface area contributed by atoms with Crippen LogP contribution in [0, 0.1) is 6.92 Å². The van der Waals surface area contributed by atoms with E-state index in [-0.39, 0.29) is 10.8 Å². The van der Waals surface area contributed by atoms with Gasteiger partial charge in [-0.3, -0.25) is 0 Å². The van der Waals surface area contributed by atoms with Crippen molar-refractivity contribution in [2.24, 2.45) is 0 Å². The fraction of sp³-hybridized carbons (Fsp3) is 0.442. The maximum Gasteiger partial charge on any atom is 0.0794 e. The smallest absolute Gasteiger partial charge is 0.0794 e. The van der Waals surface area contributed by atoms with Crippen molar-refractivity contribution >= 4 is 0 Å². The molecule has 4 aromatic carbocycles. The first-order chi connectivity index (χ1) is 21.2. The third kappa shape index (κ3) is 5.19. The molecule has 2 saturated heterocycles. The highest BCUT2D eigenvalue weighted by Crippen LogP contribution is 2.52. The summed E-state index contributed by atoms with van der Waals surface area (Å²) >= 11 is 0. The van der Waals surface area contributed by atoms with E-state index in [0.717, 1.165) is 8.97 Å². The molecule has 2 aliphatic heterocycles. The number of quaternary nitrogens is 2. The quantitative estimate of drug-likeness (QED) is 0.205. The minimum Gasteiger partial charge on any atom is -0.328 e. The van der Waals surface area contributed by atoms with Crippen LogP contribution >= 0.6 is 0 Å². The van der Waals surface area contributed by atoms with Crippen molar-refractivity contribution in [3.05, 3.63) is 118 Å². The predicted octanol–water partition coefficient (Wildman–Crippen LogP) is 9.25. The molecule has 0 saturated carbocycles. The van der Waals surface area contributed by atoms with Crippen LogP contribution in [-0.2, 0) is 16.2 Å². The summed E-state index contributed by atoms with van der Waals surface area (Å²) in [7, 11) is 9.54. The van der Waals surface area contributed by atoms with Crippen LogP contribution in [0.25, 0.3) is 22.3 Å². The summed E-state index contributed by atoms with van der Waals surface area (Å²) < 4.78 is 2.25. The van der Waals surface area contributed by atoms with E-state index in [2.05, 4.69) is 141 Å². The van der Waals surface area contributed by atoms with Gasteiger partial charge in [0, 0.05) is 41.9 Å². The summed E-state index contributed by atoms with van der Waals surface area (Å²) in [6.07, 6.45) is 4.87. The lowest BCUT2D eigenvalue weighted by Gasteiger charge is -2.45. The number of benzene rings is 4. The van der Waals surface area contributed by atoms with E-state index in [1.807, 2.05) is 0 Å². The van der Waals surface area contributed by atoms with Gasteiger partial charge in [0.1, 0.15) is 0 Å². The highest BCUT2D eigenvalue weighted by molar-refractivity contribution is 5.81. The predicted molar refractivity (Wildman–Crippen MR) is 191 cm³/mol. The van der Waals surface area contributed by atoms with Crippen molar-refractivity contribution in [2.45, 2.75) is 69.6 Å². The van der Waals surface area contributed by atoms with Crippen molar-refractivity contribution in [2.75, 3.05) is 54.4 Å². The van der Waals surface area contributed by atoms with Gasteiger partial charge in [0.05, 0.1) is 54.4 Å². The van der Waals surface area contributed by atoms with Gasteiger partial charge < -0.3 is 8.97 Å². The van der Waals surface area contributed by atoms with Crippen molar-refractivity contribution in [1.82, 2.24) is 0 Å². The molecule has 45 heavy (non-hydrogen) atoms. The molecule has 7 rings (SSSR count). The van der Waals surface area contributed by atoms with Crippen LogP contribution in [0.4, 0.5) is 0 Å². The third-order valence-corrected chi connectivity index (χ3v) is 12.6. The van der Waals surface area contributed by atoms with E-state index in [4.69, 9.17) is 0 Å². The molecule has 1 aliphatic carbocycles. The van der Waals surface area contributed by atoms with Gasteiger partial charge in [0.2, 0.25) is 0 Å². The minimum atomic E-state index is 0.0118. The minimum absolute atomic E-state index is 0.0118. The fourth-order valence-corrected chi connectivity index (χ4v) is 8.79. The number of rotatable bonds is 4. The Balaban J connectivity index is 1.21. The van der Waals surface area contributed by atoms with Crippen LogP contribution in [0.2, 0.25) is 0 Å². The Morgan fingerprint density at radius 2 is 0.933 bits per heavy atom. The van der Waals surface area contributed by atoms with Crippen molar-refractivity contribution in [1.29, 1.82) is 0 Å². The molecular formula is C43H54N2+2. The molecule has 2 heteroatoms. The van der Waals surface area contributed by atoms with Crippen LogP contribution in [0.5, 0.6) is 0 Å². The lowest BCUT2D eigenvalue weighted by molar-refractivity contribution is -0.896. The maximum absolute atomic E-state index is 2.59. The topological polar surface area (TPSA) is 0 Å². The van der Waals surface area contributed by atoms with Gasteiger partial charge in [0.15, 0.2) is 0 Å². The first kappa shape index (κ1) is 30.5. The first-order valence-corrected chi connectivity index (χ1v) is 17.3. The molecule has 0 radical (unpaired) electrons. The Morgan fingerprint density at radius 1 is 0.489 bits per heavy atom. The van der Waals surface area contributed by atoms with Gasteiger partial charge in [-0.15, -0.1) is 0 Å². The second-order valence-corrected chi connectivity index (χ2v) is 17.0. The average molecular weight is 599 g/mol. The van der Waals surface area contributed by atoms with Gasteiger partial charge >= 0.3 is 0 Å². The highest BCUT2D eigenvalue weighted by Gasteiger charge is 2.44. The van der Waals surface area contributed by atoms with E-state index in [9.17, 15) is 0 Å². The maximum atomic E-state index is 2.59. The van der Waals surface area contributed by atoms with E-state index >= 15 is 0 Å². The van der Waals surface area contributed by atoms with Crippen LogP contribution in [0.15, 0.2) is 84.9 Å². The van der Waals surface area contributed by atoms with Crippen molar-refractivity contribution < 1.29 is 8.97 Å². The molecule has 3 aliphatic rings. The van der Waals surface area contributed by atoms with Crippen molar-refractivity contribution in [3.63, 3.8) is 0 Å². The fourth-order valence-electron chi connectivity index (χ4n) is 8.79. The first-order valence-electron chi connectivity index (χ1n) is 17.3. The zero-order valence-electron chi connectivity index (χ0n) is 29.1. The summed E-state index contributed by atoms with van der Waals surface area (Å²) in [4.78, 5) is 0. The van der Waals surface area contributed by atoms with Crippen molar-refractivity contribution in [3.8, 4) is 22.3 Å². The molecule has 2 fully saturated rings. The number of likely N-dealkylation sites (tertiary alicyclic amines) is 2. The Hall–Kier alpha value is -3.20. The molecule has 234 valence electrons. The van der Waals surface area contributed by atoms with E-state index in [1.165, 1.54) is 107 Å². The number of nitrogens with zero attached hydrogens (tertiary/aromatic N) is 2. The normalized spacial score (nSPS) is 22.0. The van der Waals surface area contributed by atoms with Crippen LogP contribution in [-0.4, -0.2) is 63.3 Å². The molecule has 2 nitrogen and oxygen atoms in total. The van der Waals surface area contributed by atoms with Gasteiger partial charge in [-0.2, -0.15) is 0 Å². The largest absolute Gasteiger partial charge is 0.328 e. The molecule has 0 bridgehead atoms. The molecule has 2 heterocycles. The summed E-state index contributed by atoms with van der Waals surface area (Å²) in [5.74, 6) is 0. The molecule has 4 aromatic rings. The lowest BCUT2D eigenvalue weighted by Crippen LogP contribution is -2.51. The SMILES string of the molecule is Cc1ccc2c(c1)C(C)(C)c1cc(C3(c4ccc(-c5ccc(C6(C)CC[N+](C)(C)CC6)cc5)cc4)CC[N+](C)(C)CC3)ccc1-2. The molecule has 0 aromatic heterocycles. The Morgan fingerprint density at radius 3 is 1.49 bits per heavy atom. The highest BCUT2D eigenvalue weighted by atomic mass is 15.3. The molecular weight excluding hydrogens is 544 g/mol. The van der Waals surface area contributed by atoms with Gasteiger partial charge in [-0.25, -0.2) is 0 Å². The van der Waals surface area contributed by atoms with Crippen LogP contribution in [0.3, 0.4) is 0 Å². The number of fused-ring (bicyclic) bond motifs is 3. The molecule has 0 unspecified atom stereocenters. The van der Waals surface area contributed by atoms with E-state index in [0.29, 0.717) is 5.41 Å². The molecule has 0 atom stereocenters. The van der Waals surface area contributed by atoms with Crippen LogP contribution in [0.1, 0.15) is 79.8 Å². The Kier molecular flexibility index (Phi) is 7.04. The monoisotopic (exact) mass is 598 g/mol. The van der Waals surface area contributed by atoms with E-state index in [1.54, 1.807) is 0 Å². The van der Waals surface area contributed by atoms with E-state index < -0.39 is 0 Å². The zero-order valence-corrected chi connectivity index (χ0v) is 29.1. The number of hydrogen-bond acceptors (Lipinski definition) is 0. The summed E-state index contributed by atoms with van der Waals surface area (Å²) in [6, 6.07) is 33.7. The zero-order chi connectivity index (χ0) is 31.8. The average Bonchev–Trinajstić information content (AvgIpc) is 3.24. The third-order valence-electron chi connectivity index (χ3n) is 12.6. The summed E-state index contributed by atoms with van der Waals surface area (Å²) in [5, 5.41) is 0. The number of aryl methyl sites for hydroxylation is 1. The number of hydrogen-bond donors (Lipinski definition) is 0. The number of piperidine rings is 2. The molecule has 0 N–H and O–H groups in total. The Labute approximate surface area is 272 Å². The van der Waals surface area contributed by atoms with Gasteiger partial charge in [-0.1, -0.05) is 111 Å². The van der Waals surface area contributed by atoms with Crippen LogP contribution < -0.4 is 0 Å². The molecule has 0 spiro atoms. The standard InChI is InChI=1S/C43H54N2/c1-31-9-19-37-38-20-18-36(30-40(38)41(2,3)39(37)29-31)43(23-27-45(7,8)28-24-43)35-16-12-33(13-17-35)32-10-14-34(15-11-32)42(4)21-25-44(5,6)26-22-42/h9-20,29-30H,21-28H2,1-8H3/q+2. The summed E-state index contributed by atoms with van der Waals surface area (Å²) in [5.41, 5.74) is 14.6. The molecule has 0 amide bonds. The Bertz CT molecular complexity index is 1720.